The zero-order valence-corrected chi connectivity index (χ0v) is 13.2. The molecule has 0 aromatic heterocycles. The number of halogens is 1. The molecule has 21 heavy (non-hydrogen) atoms. The van der Waals surface area contributed by atoms with E-state index >= 15 is 0 Å². The summed E-state index contributed by atoms with van der Waals surface area (Å²) in [6, 6.07) is 7.89. The zero-order valence-electron chi connectivity index (χ0n) is 12.4. The minimum atomic E-state index is 0.280. The van der Waals surface area contributed by atoms with Gasteiger partial charge in [-0.15, -0.1) is 0 Å². The number of anilines is 1. The van der Waals surface area contributed by atoms with Crippen molar-refractivity contribution < 1.29 is 4.79 Å². The average Bonchev–Trinajstić information content (AvgIpc) is 2.52. The normalized spacial score (nSPS) is 15.3. The molecule has 1 aromatic carbocycles. The third-order valence-corrected chi connectivity index (χ3v) is 4.17. The highest BCUT2D eigenvalue weighted by atomic mass is 35.5. The first-order valence-corrected chi connectivity index (χ1v) is 8.07. The Morgan fingerprint density at radius 1 is 1.05 bits per heavy atom. The maximum atomic E-state index is 12.1. The Balaban J connectivity index is 1.75. The third kappa shape index (κ3) is 4.90. The molecular formula is C16H24ClN3O. The number of carbonyl (C=O) groups is 1. The molecule has 1 aliphatic heterocycles. The van der Waals surface area contributed by atoms with Crippen LogP contribution in [-0.2, 0) is 4.79 Å². The monoisotopic (exact) mass is 309 g/mol. The summed E-state index contributed by atoms with van der Waals surface area (Å²) in [5.41, 5.74) is 6.63. The minimum Gasteiger partial charge on any atom is -0.368 e. The Morgan fingerprint density at radius 3 is 2.33 bits per heavy atom. The first-order valence-electron chi connectivity index (χ1n) is 7.69. The predicted molar refractivity (Wildman–Crippen MR) is 87.8 cm³/mol. The van der Waals surface area contributed by atoms with Gasteiger partial charge in [0.1, 0.15) is 0 Å². The van der Waals surface area contributed by atoms with Crippen LogP contribution in [0.5, 0.6) is 0 Å². The Morgan fingerprint density at radius 2 is 1.71 bits per heavy atom. The molecule has 0 atom stereocenters. The van der Waals surface area contributed by atoms with Crippen LogP contribution in [0.15, 0.2) is 24.3 Å². The molecule has 1 aromatic rings. The average molecular weight is 310 g/mol. The largest absolute Gasteiger partial charge is 0.368 e. The van der Waals surface area contributed by atoms with Gasteiger partial charge in [0.15, 0.2) is 0 Å². The zero-order chi connectivity index (χ0) is 15.1. The molecule has 0 spiro atoms. The first kappa shape index (κ1) is 16.1. The third-order valence-electron chi connectivity index (χ3n) is 3.92. The van der Waals surface area contributed by atoms with Crippen molar-refractivity contribution >= 4 is 23.2 Å². The number of unbranched alkanes of at least 4 members (excludes halogenated alkanes) is 2. The molecule has 0 saturated carbocycles. The molecule has 2 rings (SSSR count). The Bertz CT molecular complexity index is 441. The molecule has 1 amide bonds. The molecule has 2 N–H and O–H groups in total. The van der Waals surface area contributed by atoms with Crippen LogP contribution in [0.2, 0.25) is 5.02 Å². The number of rotatable bonds is 6. The lowest BCUT2D eigenvalue weighted by atomic mass is 10.1. The Hall–Kier alpha value is -1.26. The van der Waals surface area contributed by atoms with E-state index in [0.717, 1.165) is 50.5 Å². The lowest BCUT2D eigenvalue weighted by molar-refractivity contribution is -0.131. The summed E-state index contributed by atoms with van der Waals surface area (Å²) in [6.45, 7) is 4.09. The molecule has 1 heterocycles. The number of hydrogen-bond donors (Lipinski definition) is 1. The molecule has 1 aliphatic rings. The summed E-state index contributed by atoms with van der Waals surface area (Å²) in [5, 5.41) is 0.755. The van der Waals surface area contributed by atoms with Crippen LogP contribution in [0.25, 0.3) is 0 Å². The van der Waals surface area contributed by atoms with Crippen LogP contribution in [0.4, 0.5) is 5.69 Å². The van der Waals surface area contributed by atoms with Gasteiger partial charge in [-0.1, -0.05) is 18.0 Å². The highest BCUT2D eigenvalue weighted by Gasteiger charge is 2.20. The van der Waals surface area contributed by atoms with Crippen molar-refractivity contribution in [1.29, 1.82) is 0 Å². The highest BCUT2D eigenvalue weighted by molar-refractivity contribution is 6.30. The fourth-order valence-electron chi connectivity index (χ4n) is 2.62. The molecule has 1 fully saturated rings. The van der Waals surface area contributed by atoms with E-state index in [-0.39, 0.29) is 5.91 Å². The number of benzene rings is 1. The number of carbonyl (C=O) groups excluding carboxylic acids is 1. The van der Waals surface area contributed by atoms with E-state index in [4.69, 9.17) is 17.3 Å². The van der Waals surface area contributed by atoms with Gasteiger partial charge in [0.25, 0.3) is 0 Å². The van der Waals surface area contributed by atoms with Gasteiger partial charge >= 0.3 is 0 Å². The van der Waals surface area contributed by atoms with Crippen molar-refractivity contribution in [2.24, 2.45) is 5.73 Å². The van der Waals surface area contributed by atoms with E-state index in [1.54, 1.807) is 0 Å². The molecular weight excluding hydrogens is 286 g/mol. The molecule has 116 valence electrons. The summed E-state index contributed by atoms with van der Waals surface area (Å²) in [7, 11) is 0. The number of piperazine rings is 1. The smallest absolute Gasteiger partial charge is 0.222 e. The fourth-order valence-corrected chi connectivity index (χ4v) is 2.75. The highest BCUT2D eigenvalue weighted by Crippen LogP contribution is 2.19. The van der Waals surface area contributed by atoms with Gasteiger partial charge in [0.2, 0.25) is 5.91 Å². The second-order valence-electron chi connectivity index (χ2n) is 5.44. The second-order valence-corrected chi connectivity index (χ2v) is 5.88. The van der Waals surface area contributed by atoms with Gasteiger partial charge in [-0.3, -0.25) is 4.79 Å². The maximum Gasteiger partial charge on any atom is 0.222 e. The van der Waals surface area contributed by atoms with E-state index in [1.165, 1.54) is 5.69 Å². The van der Waals surface area contributed by atoms with Crippen LogP contribution in [0.1, 0.15) is 25.7 Å². The molecule has 1 saturated heterocycles. The lowest BCUT2D eigenvalue weighted by Gasteiger charge is -2.36. The van der Waals surface area contributed by atoms with Crippen molar-refractivity contribution in [3.8, 4) is 0 Å². The van der Waals surface area contributed by atoms with Crippen LogP contribution < -0.4 is 10.6 Å². The fraction of sp³-hybridized carbons (Fsp3) is 0.562. The Labute approximate surface area is 131 Å². The van der Waals surface area contributed by atoms with Gasteiger partial charge in [-0.2, -0.15) is 0 Å². The van der Waals surface area contributed by atoms with E-state index in [9.17, 15) is 4.79 Å². The number of hydrogen-bond acceptors (Lipinski definition) is 3. The van der Waals surface area contributed by atoms with E-state index in [1.807, 2.05) is 29.2 Å². The standard InChI is InChI=1S/C16H24ClN3O/c17-14-5-7-15(8-6-14)19-10-12-20(13-11-19)16(21)4-2-1-3-9-18/h5-8H,1-4,9-13,18H2. The molecule has 5 heteroatoms. The Kier molecular flexibility index (Phi) is 6.33. The summed E-state index contributed by atoms with van der Waals surface area (Å²) >= 11 is 5.91. The molecule has 0 unspecified atom stereocenters. The first-order chi connectivity index (χ1) is 10.2. The van der Waals surface area contributed by atoms with Crippen molar-refractivity contribution in [2.45, 2.75) is 25.7 Å². The quantitative estimate of drug-likeness (QED) is 0.821. The summed E-state index contributed by atoms with van der Waals surface area (Å²) in [5.74, 6) is 0.280. The maximum absolute atomic E-state index is 12.1. The lowest BCUT2D eigenvalue weighted by Crippen LogP contribution is -2.48. The molecule has 0 aliphatic carbocycles. The van der Waals surface area contributed by atoms with Crippen LogP contribution in [0.3, 0.4) is 0 Å². The van der Waals surface area contributed by atoms with Crippen molar-refractivity contribution in [3.05, 3.63) is 29.3 Å². The number of amides is 1. The molecule has 4 nitrogen and oxygen atoms in total. The summed E-state index contributed by atoms with van der Waals surface area (Å²) in [6.07, 6.45) is 3.67. The number of nitrogens with two attached hydrogens (primary N) is 1. The SMILES string of the molecule is NCCCCCC(=O)N1CCN(c2ccc(Cl)cc2)CC1. The van der Waals surface area contributed by atoms with E-state index in [2.05, 4.69) is 4.90 Å². The minimum absolute atomic E-state index is 0.280. The second kappa shape index (κ2) is 8.25. The molecule has 0 bridgehead atoms. The number of nitrogens with zero attached hydrogens (tertiary/aromatic N) is 2. The van der Waals surface area contributed by atoms with Crippen LogP contribution in [0, 0.1) is 0 Å². The summed E-state index contributed by atoms with van der Waals surface area (Å²) in [4.78, 5) is 16.4. The van der Waals surface area contributed by atoms with Crippen molar-refractivity contribution in [2.75, 3.05) is 37.6 Å². The van der Waals surface area contributed by atoms with Crippen LogP contribution in [-0.4, -0.2) is 43.5 Å². The predicted octanol–water partition coefficient (Wildman–Crippen LogP) is 2.51. The summed E-state index contributed by atoms with van der Waals surface area (Å²) < 4.78 is 0. The van der Waals surface area contributed by atoms with Crippen LogP contribution >= 0.6 is 11.6 Å². The van der Waals surface area contributed by atoms with Gasteiger partial charge in [-0.05, 0) is 43.7 Å². The van der Waals surface area contributed by atoms with Gasteiger partial charge in [0.05, 0.1) is 0 Å². The van der Waals surface area contributed by atoms with Crippen molar-refractivity contribution in [1.82, 2.24) is 4.90 Å². The van der Waals surface area contributed by atoms with E-state index in [0.29, 0.717) is 13.0 Å². The van der Waals surface area contributed by atoms with Gasteiger partial charge < -0.3 is 15.5 Å². The van der Waals surface area contributed by atoms with Gasteiger partial charge in [0, 0.05) is 43.3 Å². The molecule has 0 radical (unpaired) electrons. The van der Waals surface area contributed by atoms with Crippen molar-refractivity contribution in [3.63, 3.8) is 0 Å². The topological polar surface area (TPSA) is 49.6 Å². The van der Waals surface area contributed by atoms with Gasteiger partial charge in [-0.25, -0.2) is 0 Å². The van der Waals surface area contributed by atoms with E-state index < -0.39 is 0 Å².